The molecule has 0 bridgehead atoms. The van der Waals surface area contributed by atoms with Crippen LogP contribution >= 0.6 is 0 Å². The largest absolute Gasteiger partial charge is 0.339 e. The van der Waals surface area contributed by atoms with Gasteiger partial charge in [-0.25, -0.2) is 8.42 Å². The zero-order chi connectivity index (χ0) is 20.9. The summed E-state index contributed by atoms with van der Waals surface area (Å²) in [6.45, 7) is 8.40. The number of sulfonamides is 1. The molecule has 1 amide bonds. The Hall–Kier alpha value is -2.34. The van der Waals surface area contributed by atoms with Gasteiger partial charge in [0.1, 0.15) is 0 Å². The summed E-state index contributed by atoms with van der Waals surface area (Å²) in [5.74, 6) is 0.392. The van der Waals surface area contributed by atoms with Crippen molar-refractivity contribution in [3.63, 3.8) is 0 Å². The van der Waals surface area contributed by atoms with E-state index < -0.39 is 10.0 Å². The maximum atomic E-state index is 13.0. The van der Waals surface area contributed by atoms with Gasteiger partial charge in [0.05, 0.1) is 10.6 Å². The first-order valence-electron chi connectivity index (χ1n) is 9.63. The van der Waals surface area contributed by atoms with Gasteiger partial charge in [0.25, 0.3) is 15.9 Å². The minimum absolute atomic E-state index is 0.104. The number of carbonyl (C=O) groups is 1. The Morgan fingerprint density at radius 1 is 0.964 bits per heavy atom. The highest BCUT2D eigenvalue weighted by Crippen LogP contribution is 2.24. The summed E-state index contributed by atoms with van der Waals surface area (Å²) in [6, 6.07) is 15.3. The van der Waals surface area contributed by atoms with E-state index >= 15 is 0 Å². The van der Waals surface area contributed by atoms with Gasteiger partial charge in [0.15, 0.2) is 0 Å². The van der Waals surface area contributed by atoms with Gasteiger partial charge < -0.3 is 4.90 Å². The summed E-state index contributed by atoms with van der Waals surface area (Å²) in [5, 5.41) is 0. The van der Waals surface area contributed by atoms with Crippen LogP contribution in [-0.2, 0) is 10.0 Å². The molecule has 0 fully saturated rings. The van der Waals surface area contributed by atoms with E-state index in [4.69, 9.17) is 0 Å². The van der Waals surface area contributed by atoms with Crippen LogP contribution in [0, 0.1) is 5.92 Å². The molecule has 0 radical (unpaired) electrons. The quantitative estimate of drug-likeness (QED) is 0.657. The average Bonchev–Trinajstić information content (AvgIpc) is 2.67. The summed E-state index contributed by atoms with van der Waals surface area (Å²) in [4.78, 5) is 14.6. The Morgan fingerprint density at radius 3 is 2.04 bits per heavy atom. The van der Waals surface area contributed by atoms with Crippen LogP contribution in [0.4, 0.5) is 5.69 Å². The predicted octanol–water partition coefficient (Wildman–Crippen LogP) is 4.41. The molecule has 5 nitrogen and oxygen atoms in total. The second-order valence-electron chi connectivity index (χ2n) is 7.42. The Bertz CT molecular complexity index is 878. The van der Waals surface area contributed by atoms with Crippen LogP contribution in [0.2, 0.25) is 0 Å². The van der Waals surface area contributed by atoms with Gasteiger partial charge in [0.2, 0.25) is 0 Å². The average molecular weight is 403 g/mol. The third kappa shape index (κ3) is 4.93. The Morgan fingerprint density at radius 2 is 1.54 bits per heavy atom. The normalized spacial score (nSPS) is 12.6. The van der Waals surface area contributed by atoms with Crippen LogP contribution in [0.25, 0.3) is 0 Å². The zero-order valence-electron chi connectivity index (χ0n) is 17.3. The second kappa shape index (κ2) is 9.24. The van der Waals surface area contributed by atoms with E-state index in [1.54, 1.807) is 43.1 Å². The van der Waals surface area contributed by atoms with Gasteiger partial charge >= 0.3 is 0 Å². The van der Waals surface area contributed by atoms with Crippen LogP contribution < -0.4 is 4.31 Å². The highest BCUT2D eigenvalue weighted by Gasteiger charge is 2.24. The maximum Gasteiger partial charge on any atom is 0.264 e. The first kappa shape index (κ1) is 22.0. The van der Waals surface area contributed by atoms with Crippen molar-refractivity contribution in [3.05, 3.63) is 60.2 Å². The van der Waals surface area contributed by atoms with E-state index in [0.29, 0.717) is 23.7 Å². The van der Waals surface area contributed by atoms with E-state index in [0.717, 1.165) is 6.42 Å². The molecule has 2 aromatic carbocycles. The molecule has 0 N–H and O–H groups in total. The van der Waals surface area contributed by atoms with E-state index in [1.807, 2.05) is 25.1 Å². The van der Waals surface area contributed by atoms with E-state index in [9.17, 15) is 13.2 Å². The van der Waals surface area contributed by atoms with Gasteiger partial charge in [-0.15, -0.1) is 0 Å². The third-order valence-corrected chi connectivity index (χ3v) is 6.73. The molecule has 0 heterocycles. The molecule has 0 spiro atoms. The van der Waals surface area contributed by atoms with Crippen molar-refractivity contribution in [1.29, 1.82) is 0 Å². The predicted molar refractivity (Wildman–Crippen MR) is 114 cm³/mol. The Labute approximate surface area is 169 Å². The molecule has 2 aromatic rings. The number of para-hydroxylation sites is 1. The lowest BCUT2D eigenvalue weighted by molar-refractivity contribution is 0.0728. The molecule has 2 rings (SSSR count). The molecule has 1 atom stereocenters. The van der Waals surface area contributed by atoms with Gasteiger partial charge in [-0.1, -0.05) is 32.0 Å². The monoisotopic (exact) mass is 402 g/mol. The molecule has 0 saturated heterocycles. The SMILES string of the molecule is CCN(c1ccccc1)S(=O)(=O)c1ccc(C(=O)N(C)C(C)CC(C)C)cc1. The van der Waals surface area contributed by atoms with Crippen LogP contribution in [0.15, 0.2) is 59.5 Å². The lowest BCUT2D eigenvalue weighted by atomic mass is 10.0. The molecule has 6 heteroatoms. The fourth-order valence-corrected chi connectivity index (χ4v) is 4.70. The number of carbonyl (C=O) groups excluding carboxylic acids is 1. The number of anilines is 1. The fraction of sp³-hybridized carbons (Fsp3) is 0.409. The molecule has 152 valence electrons. The molecular formula is C22H30N2O3S. The number of rotatable bonds is 8. The van der Waals surface area contributed by atoms with Gasteiger partial charge in [0, 0.05) is 25.2 Å². The zero-order valence-corrected chi connectivity index (χ0v) is 18.1. The van der Waals surface area contributed by atoms with Crippen molar-refractivity contribution in [3.8, 4) is 0 Å². The van der Waals surface area contributed by atoms with E-state index in [-0.39, 0.29) is 16.8 Å². The number of benzene rings is 2. The Kier molecular flexibility index (Phi) is 7.24. The molecule has 0 aromatic heterocycles. The highest BCUT2D eigenvalue weighted by molar-refractivity contribution is 7.92. The number of hydrogen-bond donors (Lipinski definition) is 0. The first-order chi connectivity index (χ1) is 13.2. The standard InChI is InChI=1S/C22H30N2O3S/c1-6-24(20-10-8-7-9-11-20)28(26,27)21-14-12-19(13-15-21)22(25)23(5)18(4)16-17(2)3/h7-15,17-18H,6,16H2,1-5H3. The summed E-state index contributed by atoms with van der Waals surface area (Å²) < 4.78 is 27.4. The topological polar surface area (TPSA) is 57.7 Å². The van der Waals surface area contributed by atoms with Crippen LogP contribution in [0.5, 0.6) is 0 Å². The third-order valence-electron chi connectivity index (χ3n) is 4.81. The van der Waals surface area contributed by atoms with Crippen molar-refractivity contribution < 1.29 is 13.2 Å². The van der Waals surface area contributed by atoms with Gasteiger partial charge in [-0.05, 0) is 62.6 Å². The van der Waals surface area contributed by atoms with E-state index in [2.05, 4.69) is 13.8 Å². The van der Waals surface area contributed by atoms with Crippen molar-refractivity contribution >= 4 is 21.6 Å². The number of hydrogen-bond acceptors (Lipinski definition) is 3. The minimum Gasteiger partial charge on any atom is -0.339 e. The van der Waals surface area contributed by atoms with Crippen LogP contribution in [-0.4, -0.2) is 38.9 Å². The molecule has 0 aliphatic carbocycles. The summed E-state index contributed by atoms with van der Waals surface area (Å²) in [7, 11) is -1.90. The fourth-order valence-electron chi connectivity index (χ4n) is 3.23. The molecule has 0 saturated carbocycles. The van der Waals surface area contributed by atoms with Crippen molar-refractivity contribution in [2.75, 3.05) is 17.9 Å². The number of nitrogens with zero attached hydrogens (tertiary/aromatic N) is 2. The highest BCUT2D eigenvalue weighted by atomic mass is 32.2. The smallest absolute Gasteiger partial charge is 0.264 e. The summed E-state index contributed by atoms with van der Waals surface area (Å²) in [5.41, 5.74) is 1.10. The summed E-state index contributed by atoms with van der Waals surface area (Å²) in [6.07, 6.45) is 0.914. The van der Waals surface area contributed by atoms with Gasteiger partial charge in [-0.2, -0.15) is 0 Å². The number of amides is 1. The van der Waals surface area contributed by atoms with Crippen molar-refractivity contribution in [1.82, 2.24) is 4.90 Å². The van der Waals surface area contributed by atoms with Crippen LogP contribution in [0.3, 0.4) is 0 Å². The summed E-state index contributed by atoms with van der Waals surface area (Å²) >= 11 is 0. The second-order valence-corrected chi connectivity index (χ2v) is 9.29. The minimum atomic E-state index is -3.69. The van der Waals surface area contributed by atoms with Crippen LogP contribution in [0.1, 0.15) is 44.5 Å². The first-order valence-corrected chi connectivity index (χ1v) is 11.1. The molecule has 1 unspecified atom stereocenters. The molecule has 0 aliphatic rings. The van der Waals surface area contributed by atoms with Crippen molar-refractivity contribution in [2.24, 2.45) is 5.92 Å². The van der Waals surface area contributed by atoms with E-state index in [1.165, 1.54) is 16.4 Å². The molecule has 0 aliphatic heterocycles. The molecule has 28 heavy (non-hydrogen) atoms. The lowest BCUT2D eigenvalue weighted by Gasteiger charge is -2.26. The lowest BCUT2D eigenvalue weighted by Crippen LogP contribution is -2.36. The maximum absolute atomic E-state index is 13.0. The van der Waals surface area contributed by atoms with Crippen molar-refractivity contribution in [2.45, 2.75) is 45.1 Å². The molecular weight excluding hydrogens is 372 g/mol. The van der Waals surface area contributed by atoms with Gasteiger partial charge in [-0.3, -0.25) is 9.10 Å². The Balaban J connectivity index is 2.24.